The molecule has 3 nitrogen and oxygen atoms in total. The van der Waals surface area contributed by atoms with Crippen molar-refractivity contribution in [3.63, 3.8) is 0 Å². The molecule has 0 aliphatic heterocycles. The smallest absolute Gasteiger partial charge is 0.238 e. The first kappa shape index (κ1) is 11.6. The zero-order chi connectivity index (χ0) is 11.1. The van der Waals surface area contributed by atoms with Gasteiger partial charge in [0.2, 0.25) is 5.91 Å². The molecule has 2 N–H and O–H groups in total. The normalized spacial score (nSPS) is 11.9. The summed E-state index contributed by atoms with van der Waals surface area (Å²) in [6.07, 6.45) is 1.59. The van der Waals surface area contributed by atoms with Crippen molar-refractivity contribution in [1.29, 1.82) is 0 Å². The van der Waals surface area contributed by atoms with Gasteiger partial charge in [-0.15, -0.1) is 0 Å². The van der Waals surface area contributed by atoms with E-state index in [-0.39, 0.29) is 5.91 Å². The molecule has 0 saturated carbocycles. The molecule has 0 fully saturated rings. The molecule has 1 rings (SSSR count). The summed E-state index contributed by atoms with van der Waals surface area (Å²) in [5.41, 5.74) is 6.45. The maximum Gasteiger partial charge on any atom is 0.238 e. The van der Waals surface area contributed by atoms with E-state index < -0.39 is 0 Å². The van der Waals surface area contributed by atoms with Crippen LogP contribution in [0.3, 0.4) is 0 Å². The third kappa shape index (κ3) is 4.49. The second-order valence-electron chi connectivity index (χ2n) is 3.76. The zero-order valence-electron chi connectivity index (χ0n) is 9.29. The first-order valence-electron chi connectivity index (χ1n) is 5.32. The van der Waals surface area contributed by atoms with E-state index >= 15 is 0 Å². The third-order valence-electron chi connectivity index (χ3n) is 2.35. The fraction of sp³-hybridized carbons (Fsp3) is 0.417. The summed E-state index contributed by atoms with van der Waals surface area (Å²) < 4.78 is 0. The van der Waals surface area contributed by atoms with Gasteiger partial charge in [-0.2, -0.15) is 0 Å². The van der Waals surface area contributed by atoms with E-state index in [9.17, 15) is 4.79 Å². The monoisotopic (exact) mass is 206 g/mol. The Morgan fingerprint density at radius 2 is 2.00 bits per heavy atom. The fourth-order valence-corrected chi connectivity index (χ4v) is 1.18. The maximum atomic E-state index is 11.4. The molecular formula is C12H18N2O. The lowest BCUT2D eigenvalue weighted by atomic mass is 10.1. The summed E-state index contributed by atoms with van der Waals surface area (Å²) in [7, 11) is 0. The Balaban J connectivity index is 2.29. The highest BCUT2D eigenvalue weighted by Crippen LogP contribution is 2.06. The molecule has 15 heavy (non-hydrogen) atoms. The highest BCUT2D eigenvalue weighted by atomic mass is 16.2. The van der Waals surface area contributed by atoms with Gasteiger partial charge in [0.15, 0.2) is 0 Å². The summed E-state index contributed by atoms with van der Waals surface area (Å²) in [4.78, 5) is 11.4. The summed E-state index contributed by atoms with van der Waals surface area (Å²) in [5, 5.41) is 0. The van der Waals surface area contributed by atoms with Gasteiger partial charge < -0.3 is 0 Å². The Hall–Kier alpha value is -1.51. The molecule has 3 heteroatoms. The van der Waals surface area contributed by atoms with Crippen molar-refractivity contribution in [2.24, 2.45) is 5.92 Å². The SMILES string of the molecule is CC[C@@H](C)CC(=O)NNc1ccccc1. The van der Waals surface area contributed by atoms with Crippen LogP contribution in [0.5, 0.6) is 0 Å². The van der Waals surface area contributed by atoms with Crippen LogP contribution in [0.15, 0.2) is 30.3 Å². The molecule has 1 amide bonds. The summed E-state index contributed by atoms with van der Waals surface area (Å²) >= 11 is 0. The van der Waals surface area contributed by atoms with Gasteiger partial charge in [0, 0.05) is 6.42 Å². The quantitative estimate of drug-likeness (QED) is 0.727. The average Bonchev–Trinajstić information content (AvgIpc) is 2.27. The van der Waals surface area contributed by atoms with Crippen molar-refractivity contribution in [2.75, 3.05) is 5.43 Å². The van der Waals surface area contributed by atoms with Crippen LogP contribution in [0.25, 0.3) is 0 Å². The van der Waals surface area contributed by atoms with Crippen LogP contribution in [0.1, 0.15) is 26.7 Å². The lowest BCUT2D eigenvalue weighted by molar-refractivity contribution is -0.121. The number of benzene rings is 1. The molecule has 0 unspecified atom stereocenters. The second-order valence-corrected chi connectivity index (χ2v) is 3.76. The van der Waals surface area contributed by atoms with Crippen LogP contribution in [-0.4, -0.2) is 5.91 Å². The summed E-state index contributed by atoms with van der Waals surface area (Å²) in [6, 6.07) is 9.59. The molecule has 0 aliphatic rings. The van der Waals surface area contributed by atoms with Crippen molar-refractivity contribution >= 4 is 11.6 Å². The lowest BCUT2D eigenvalue weighted by Crippen LogP contribution is -2.30. The van der Waals surface area contributed by atoms with Crippen molar-refractivity contribution in [3.05, 3.63) is 30.3 Å². The molecule has 1 aromatic rings. The summed E-state index contributed by atoms with van der Waals surface area (Å²) in [5.74, 6) is 0.468. The number of rotatable bonds is 5. The van der Waals surface area contributed by atoms with Crippen molar-refractivity contribution in [3.8, 4) is 0 Å². The molecule has 0 heterocycles. The van der Waals surface area contributed by atoms with Gasteiger partial charge in [0.05, 0.1) is 5.69 Å². The highest BCUT2D eigenvalue weighted by molar-refractivity contribution is 5.77. The second kappa shape index (κ2) is 6.06. The molecule has 0 radical (unpaired) electrons. The largest absolute Gasteiger partial charge is 0.299 e. The minimum absolute atomic E-state index is 0.0354. The lowest BCUT2D eigenvalue weighted by Gasteiger charge is -2.10. The van der Waals surface area contributed by atoms with Crippen molar-refractivity contribution in [2.45, 2.75) is 26.7 Å². The van der Waals surface area contributed by atoms with Gasteiger partial charge in [-0.05, 0) is 18.1 Å². The molecule has 1 aromatic carbocycles. The number of hydrogen-bond acceptors (Lipinski definition) is 2. The molecular weight excluding hydrogens is 188 g/mol. The van der Waals surface area contributed by atoms with E-state index in [1.165, 1.54) is 0 Å². The van der Waals surface area contributed by atoms with E-state index in [1.54, 1.807) is 0 Å². The predicted molar refractivity (Wildman–Crippen MR) is 62.3 cm³/mol. The molecule has 0 saturated heterocycles. The molecule has 0 aromatic heterocycles. The molecule has 1 atom stereocenters. The molecule has 82 valence electrons. The topological polar surface area (TPSA) is 41.1 Å². The van der Waals surface area contributed by atoms with Gasteiger partial charge in [-0.25, -0.2) is 0 Å². The minimum atomic E-state index is 0.0354. The molecule has 0 spiro atoms. The zero-order valence-corrected chi connectivity index (χ0v) is 9.29. The Morgan fingerprint density at radius 1 is 1.33 bits per heavy atom. The van der Waals surface area contributed by atoms with Crippen LogP contribution < -0.4 is 10.9 Å². The number of carbonyl (C=O) groups excluding carboxylic acids is 1. The molecule has 0 aliphatic carbocycles. The van der Waals surface area contributed by atoms with E-state index in [2.05, 4.69) is 24.7 Å². The van der Waals surface area contributed by atoms with E-state index in [0.717, 1.165) is 12.1 Å². The van der Waals surface area contributed by atoms with Crippen LogP contribution >= 0.6 is 0 Å². The number of carbonyl (C=O) groups is 1. The van der Waals surface area contributed by atoms with Crippen molar-refractivity contribution in [1.82, 2.24) is 5.43 Å². The number of para-hydroxylation sites is 1. The van der Waals surface area contributed by atoms with Gasteiger partial charge in [0.1, 0.15) is 0 Å². The average molecular weight is 206 g/mol. The third-order valence-corrected chi connectivity index (χ3v) is 2.35. The van der Waals surface area contributed by atoms with Gasteiger partial charge in [0.25, 0.3) is 0 Å². The van der Waals surface area contributed by atoms with Gasteiger partial charge in [-0.3, -0.25) is 15.6 Å². The predicted octanol–water partition coefficient (Wildman–Crippen LogP) is 2.57. The van der Waals surface area contributed by atoms with Gasteiger partial charge in [-0.1, -0.05) is 38.5 Å². The fourth-order valence-electron chi connectivity index (χ4n) is 1.18. The Labute approximate surface area is 90.9 Å². The first-order valence-corrected chi connectivity index (χ1v) is 5.32. The van der Waals surface area contributed by atoms with E-state index in [1.807, 2.05) is 30.3 Å². The Kier molecular flexibility index (Phi) is 4.68. The van der Waals surface area contributed by atoms with Gasteiger partial charge >= 0.3 is 0 Å². The highest BCUT2D eigenvalue weighted by Gasteiger charge is 2.05. The number of hydrogen-bond donors (Lipinski definition) is 2. The molecule has 0 bridgehead atoms. The number of nitrogens with one attached hydrogen (secondary N) is 2. The number of hydrazine groups is 1. The Bertz CT molecular complexity index is 298. The minimum Gasteiger partial charge on any atom is -0.299 e. The van der Waals surface area contributed by atoms with E-state index in [0.29, 0.717) is 12.3 Å². The van der Waals surface area contributed by atoms with Crippen LogP contribution in [0, 0.1) is 5.92 Å². The Morgan fingerprint density at radius 3 is 2.60 bits per heavy atom. The maximum absolute atomic E-state index is 11.4. The van der Waals surface area contributed by atoms with E-state index in [4.69, 9.17) is 0 Å². The number of amides is 1. The van der Waals surface area contributed by atoms with Crippen LogP contribution in [0.4, 0.5) is 5.69 Å². The standard InChI is InChI=1S/C12H18N2O/c1-3-10(2)9-12(15)14-13-11-7-5-4-6-8-11/h4-8,10,13H,3,9H2,1-2H3,(H,14,15)/t10-/m1/s1. The first-order chi connectivity index (χ1) is 7.22. The number of anilines is 1. The summed E-state index contributed by atoms with van der Waals surface area (Å²) in [6.45, 7) is 4.16. The van der Waals surface area contributed by atoms with Crippen molar-refractivity contribution < 1.29 is 4.79 Å². The van der Waals surface area contributed by atoms with Crippen LogP contribution in [0.2, 0.25) is 0 Å². The van der Waals surface area contributed by atoms with Crippen LogP contribution in [-0.2, 0) is 4.79 Å².